The van der Waals surface area contributed by atoms with Crippen LogP contribution in [0.2, 0.25) is 0 Å². The van der Waals surface area contributed by atoms with Gasteiger partial charge in [0.05, 0.1) is 17.5 Å². The number of ether oxygens (including phenoxy) is 2. The predicted octanol–water partition coefficient (Wildman–Crippen LogP) is 4.79. The Bertz CT molecular complexity index is 1180. The molecule has 0 saturated carbocycles. The molecule has 1 aliphatic rings. The van der Waals surface area contributed by atoms with Crippen molar-refractivity contribution in [3.63, 3.8) is 0 Å². The van der Waals surface area contributed by atoms with Crippen molar-refractivity contribution >= 4 is 28.4 Å². The number of nitrogens with zero attached hydrogens (tertiary/aromatic N) is 3. The van der Waals surface area contributed by atoms with Crippen LogP contribution in [-0.2, 0) is 12.6 Å². The molecule has 12 heteroatoms. The second-order valence-electron chi connectivity index (χ2n) is 7.59. The average molecular weight is 465 g/mol. The van der Waals surface area contributed by atoms with Crippen molar-refractivity contribution in [2.45, 2.75) is 32.0 Å². The number of thiazole rings is 1. The first-order valence-electron chi connectivity index (χ1n) is 9.42. The van der Waals surface area contributed by atoms with E-state index in [4.69, 9.17) is 9.47 Å². The predicted molar refractivity (Wildman–Crippen MR) is 111 cm³/mol. The first-order valence-corrected chi connectivity index (χ1v) is 10.3. The van der Waals surface area contributed by atoms with E-state index in [0.717, 1.165) is 17.7 Å². The molecule has 3 aromatic heterocycles. The molecule has 0 radical (unpaired) electrons. The van der Waals surface area contributed by atoms with E-state index in [9.17, 15) is 18.0 Å². The van der Waals surface area contributed by atoms with Crippen molar-refractivity contribution in [2.24, 2.45) is 0 Å². The average Bonchev–Trinajstić information content (AvgIpc) is 3.30. The molecule has 0 saturated heterocycles. The summed E-state index contributed by atoms with van der Waals surface area (Å²) >= 11 is 1.20. The molecule has 0 aliphatic carbocycles. The number of rotatable bonds is 4. The molecule has 8 nitrogen and oxygen atoms in total. The van der Waals surface area contributed by atoms with E-state index < -0.39 is 17.8 Å². The van der Waals surface area contributed by atoms with Crippen molar-refractivity contribution in [3.8, 4) is 22.9 Å². The second kappa shape index (κ2) is 7.93. The molecule has 4 rings (SSSR count). The summed E-state index contributed by atoms with van der Waals surface area (Å²) in [5.41, 5.74) is 0.886. The number of pyridine rings is 2. The molecule has 0 atom stereocenters. The van der Waals surface area contributed by atoms with Crippen molar-refractivity contribution in [2.75, 3.05) is 12.4 Å². The summed E-state index contributed by atoms with van der Waals surface area (Å²) in [6.45, 7) is 3.99. The van der Waals surface area contributed by atoms with Crippen molar-refractivity contribution in [3.05, 3.63) is 41.0 Å². The van der Waals surface area contributed by atoms with Gasteiger partial charge in [0.15, 0.2) is 16.7 Å². The lowest BCUT2D eigenvalue weighted by Crippen LogP contribution is -2.24. The third-order valence-electron chi connectivity index (χ3n) is 4.53. The van der Waals surface area contributed by atoms with E-state index in [1.165, 1.54) is 18.4 Å². The zero-order valence-electron chi connectivity index (χ0n) is 17.2. The number of halogens is 3. The number of carbonyl (C=O) groups excluding carboxylic acids is 1. The number of amides is 1. The second-order valence-corrected chi connectivity index (χ2v) is 8.44. The molecule has 0 unspecified atom stereocenters. The van der Waals surface area contributed by atoms with Crippen LogP contribution in [-0.4, -0.2) is 33.7 Å². The highest BCUT2D eigenvalue weighted by molar-refractivity contribution is 7.14. The van der Waals surface area contributed by atoms with E-state index >= 15 is 0 Å². The highest BCUT2D eigenvalue weighted by Crippen LogP contribution is 2.38. The van der Waals surface area contributed by atoms with Gasteiger partial charge in [-0.05, 0) is 26.0 Å². The Labute approximate surface area is 184 Å². The number of hydrogen-bond acceptors (Lipinski definition) is 8. The van der Waals surface area contributed by atoms with Crippen LogP contribution in [0, 0.1) is 0 Å². The van der Waals surface area contributed by atoms with Crippen LogP contribution in [0.3, 0.4) is 0 Å². The minimum atomic E-state index is -4.64. The Morgan fingerprint density at radius 2 is 2.00 bits per heavy atom. The number of fused-ring (bicyclic) bond motifs is 1. The zero-order valence-corrected chi connectivity index (χ0v) is 18.0. The van der Waals surface area contributed by atoms with Crippen molar-refractivity contribution < 1.29 is 27.4 Å². The van der Waals surface area contributed by atoms with Gasteiger partial charge in [0, 0.05) is 30.6 Å². The van der Waals surface area contributed by atoms with Gasteiger partial charge in [0.1, 0.15) is 17.0 Å². The smallest absolute Gasteiger partial charge is 0.418 e. The van der Waals surface area contributed by atoms with Gasteiger partial charge in [-0.15, -0.1) is 11.3 Å². The minimum absolute atomic E-state index is 0.0837. The van der Waals surface area contributed by atoms with Gasteiger partial charge in [0.2, 0.25) is 0 Å². The number of aromatic nitrogens is 3. The molecule has 4 heterocycles. The summed E-state index contributed by atoms with van der Waals surface area (Å²) in [7, 11) is 1.29. The highest BCUT2D eigenvalue weighted by atomic mass is 32.1. The Balaban J connectivity index is 1.59. The van der Waals surface area contributed by atoms with Crippen LogP contribution in [0.1, 0.15) is 25.0 Å². The lowest BCUT2D eigenvalue weighted by atomic mass is 10.0. The SMILES string of the molecule is CNC(=O)Oc1cc(C(F)(F)F)cnc1Nc1nc(-c2cc3c(cn2)OC(C)(C)C3)cs1. The Morgan fingerprint density at radius 1 is 1.22 bits per heavy atom. The third-order valence-corrected chi connectivity index (χ3v) is 5.29. The Hall–Kier alpha value is -3.41. The maximum atomic E-state index is 13.0. The van der Waals surface area contributed by atoms with Gasteiger partial charge in [-0.2, -0.15) is 13.2 Å². The standard InChI is InChI=1S/C20H18F3N5O3S/c1-19(2)6-10-4-12(25-8-15(10)31-19)13-9-32-17(27-13)28-16-14(30-18(29)24-3)5-11(7-26-16)20(21,22)23/h4-5,7-9H,6H2,1-3H3,(H,24,29)(H,26,27,28). The van der Waals surface area contributed by atoms with Crippen LogP contribution in [0.4, 0.5) is 28.9 Å². The number of alkyl halides is 3. The minimum Gasteiger partial charge on any atom is -0.486 e. The maximum absolute atomic E-state index is 13.0. The molecule has 0 spiro atoms. The fourth-order valence-electron chi connectivity index (χ4n) is 3.12. The highest BCUT2D eigenvalue weighted by Gasteiger charge is 2.33. The molecule has 1 aliphatic heterocycles. The molecule has 0 fully saturated rings. The first kappa shape index (κ1) is 21.8. The summed E-state index contributed by atoms with van der Waals surface area (Å²) in [4.78, 5) is 24.2. The van der Waals surface area contributed by atoms with Gasteiger partial charge in [0.25, 0.3) is 0 Å². The molecule has 32 heavy (non-hydrogen) atoms. The Kier molecular flexibility index (Phi) is 5.41. The lowest BCUT2D eigenvalue weighted by Gasteiger charge is -2.16. The van der Waals surface area contributed by atoms with Gasteiger partial charge < -0.3 is 20.1 Å². The molecular weight excluding hydrogens is 447 g/mol. The fraction of sp³-hybridized carbons (Fsp3) is 0.300. The van der Waals surface area contributed by atoms with Crippen LogP contribution >= 0.6 is 11.3 Å². The van der Waals surface area contributed by atoms with E-state index in [1.807, 2.05) is 19.9 Å². The molecular formula is C20H18F3N5O3S. The van der Waals surface area contributed by atoms with E-state index in [-0.39, 0.29) is 17.2 Å². The monoisotopic (exact) mass is 465 g/mol. The summed E-state index contributed by atoms with van der Waals surface area (Å²) in [5, 5.41) is 7.08. The molecule has 3 aromatic rings. The topological polar surface area (TPSA) is 98.3 Å². The van der Waals surface area contributed by atoms with Gasteiger partial charge in [-0.1, -0.05) is 0 Å². The molecule has 1 amide bonds. The van der Waals surface area contributed by atoms with Crippen LogP contribution in [0.25, 0.3) is 11.4 Å². The lowest BCUT2D eigenvalue weighted by molar-refractivity contribution is -0.137. The number of hydrogen-bond donors (Lipinski definition) is 2. The largest absolute Gasteiger partial charge is 0.486 e. The molecule has 0 aromatic carbocycles. The third kappa shape index (κ3) is 4.59. The quantitative estimate of drug-likeness (QED) is 0.571. The molecule has 168 valence electrons. The fourth-order valence-corrected chi connectivity index (χ4v) is 3.82. The zero-order chi connectivity index (χ0) is 23.1. The van der Waals surface area contributed by atoms with Gasteiger partial charge in [-0.25, -0.2) is 14.8 Å². The van der Waals surface area contributed by atoms with E-state index in [2.05, 4.69) is 25.6 Å². The van der Waals surface area contributed by atoms with E-state index in [0.29, 0.717) is 28.8 Å². The maximum Gasteiger partial charge on any atom is 0.418 e. The van der Waals surface area contributed by atoms with Crippen molar-refractivity contribution in [1.29, 1.82) is 0 Å². The molecule has 0 bridgehead atoms. The van der Waals surface area contributed by atoms with Crippen LogP contribution in [0.15, 0.2) is 29.9 Å². The summed E-state index contributed by atoms with van der Waals surface area (Å²) < 4.78 is 49.9. The van der Waals surface area contributed by atoms with Crippen LogP contribution in [0.5, 0.6) is 11.5 Å². The molecule has 2 N–H and O–H groups in total. The first-order chi connectivity index (χ1) is 15.0. The van der Waals surface area contributed by atoms with Crippen molar-refractivity contribution in [1.82, 2.24) is 20.3 Å². The Morgan fingerprint density at radius 3 is 2.72 bits per heavy atom. The summed E-state index contributed by atoms with van der Waals surface area (Å²) in [5.74, 6) is 0.266. The van der Waals surface area contributed by atoms with Gasteiger partial charge in [-0.3, -0.25) is 4.98 Å². The number of anilines is 2. The van der Waals surface area contributed by atoms with Gasteiger partial charge >= 0.3 is 12.3 Å². The number of nitrogens with one attached hydrogen (secondary N) is 2. The normalized spacial score (nSPS) is 14.4. The van der Waals surface area contributed by atoms with Crippen LogP contribution < -0.4 is 20.1 Å². The number of carbonyl (C=O) groups is 1. The van der Waals surface area contributed by atoms with E-state index in [1.54, 1.807) is 11.6 Å². The summed E-state index contributed by atoms with van der Waals surface area (Å²) in [6, 6.07) is 2.60. The summed E-state index contributed by atoms with van der Waals surface area (Å²) in [6.07, 6.45) is -2.53.